The lowest BCUT2D eigenvalue weighted by molar-refractivity contribution is -0.128. The van der Waals surface area contributed by atoms with Crippen LogP contribution in [0.25, 0.3) is 0 Å². The molecule has 1 atom stereocenters. The van der Waals surface area contributed by atoms with E-state index >= 15 is 0 Å². The molecule has 2 N–H and O–H groups in total. The van der Waals surface area contributed by atoms with Gasteiger partial charge >= 0.3 is 0 Å². The summed E-state index contributed by atoms with van der Waals surface area (Å²) in [7, 11) is 4.65. The Labute approximate surface area is 173 Å². The van der Waals surface area contributed by atoms with Crippen LogP contribution < -0.4 is 14.2 Å². The Morgan fingerprint density at radius 3 is 2.41 bits per heavy atom. The average molecular weight is 420 g/mol. The van der Waals surface area contributed by atoms with Crippen LogP contribution in [0.4, 0.5) is 0 Å². The van der Waals surface area contributed by atoms with Crippen LogP contribution in [0.5, 0.6) is 23.0 Å². The quantitative estimate of drug-likeness (QED) is 0.704. The van der Waals surface area contributed by atoms with Gasteiger partial charge in [-0.05, 0) is 6.92 Å². The van der Waals surface area contributed by atoms with Gasteiger partial charge in [0.25, 0.3) is 0 Å². The van der Waals surface area contributed by atoms with Crippen molar-refractivity contribution in [2.45, 2.75) is 25.4 Å². The summed E-state index contributed by atoms with van der Waals surface area (Å²) < 4.78 is 16.4. The van der Waals surface area contributed by atoms with Crippen molar-refractivity contribution >= 4 is 17.7 Å². The third-order valence-electron chi connectivity index (χ3n) is 4.90. The maximum absolute atomic E-state index is 12.7. The molecule has 1 fully saturated rings. The molecule has 156 valence electrons. The van der Waals surface area contributed by atoms with E-state index in [1.54, 1.807) is 45.3 Å². The van der Waals surface area contributed by atoms with Gasteiger partial charge < -0.3 is 29.3 Å². The lowest BCUT2D eigenvalue weighted by Crippen LogP contribution is -2.29. The number of aliphatic hydroxyl groups excluding tert-OH is 1. The third kappa shape index (κ3) is 3.92. The zero-order chi connectivity index (χ0) is 21.1. The number of aromatic nitrogens is 1. The largest absolute Gasteiger partial charge is 0.506 e. The van der Waals surface area contributed by atoms with E-state index in [1.165, 1.54) is 18.0 Å². The van der Waals surface area contributed by atoms with E-state index in [9.17, 15) is 15.0 Å². The van der Waals surface area contributed by atoms with Gasteiger partial charge in [0.05, 0.1) is 51.5 Å². The molecule has 0 saturated carbocycles. The number of carbonyl (C=O) groups is 1. The van der Waals surface area contributed by atoms with Crippen LogP contribution in [-0.2, 0) is 17.9 Å². The Kier molecular flexibility index (Phi) is 6.39. The first-order valence-corrected chi connectivity index (χ1v) is 9.98. The van der Waals surface area contributed by atoms with Crippen molar-refractivity contribution in [1.82, 2.24) is 9.88 Å². The Bertz CT molecular complexity index is 895. The number of carbonyl (C=O) groups excluding carboxylic acids is 1. The zero-order valence-electron chi connectivity index (χ0n) is 16.8. The molecular weight excluding hydrogens is 396 g/mol. The molecule has 1 unspecified atom stereocenters. The monoisotopic (exact) mass is 420 g/mol. The fourth-order valence-electron chi connectivity index (χ4n) is 3.31. The van der Waals surface area contributed by atoms with Gasteiger partial charge in [-0.15, -0.1) is 11.8 Å². The van der Waals surface area contributed by atoms with Crippen LogP contribution in [0.2, 0.25) is 0 Å². The van der Waals surface area contributed by atoms with Crippen molar-refractivity contribution in [3.8, 4) is 23.0 Å². The Hall–Kier alpha value is -2.65. The summed E-state index contributed by atoms with van der Waals surface area (Å²) in [5.41, 5.74) is 2.10. The molecule has 0 spiro atoms. The third-order valence-corrected chi connectivity index (χ3v) is 6.12. The average Bonchev–Trinajstić information content (AvgIpc) is 3.10. The lowest BCUT2D eigenvalue weighted by Gasteiger charge is -2.28. The van der Waals surface area contributed by atoms with Gasteiger partial charge in [0.1, 0.15) is 28.4 Å². The summed E-state index contributed by atoms with van der Waals surface area (Å²) >= 11 is 1.44. The molecule has 29 heavy (non-hydrogen) atoms. The van der Waals surface area contributed by atoms with Crippen LogP contribution in [0.1, 0.15) is 27.8 Å². The number of ether oxygens (including phenoxy) is 3. The van der Waals surface area contributed by atoms with Crippen molar-refractivity contribution < 1.29 is 29.2 Å². The summed E-state index contributed by atoms with van der Waals surface area (Å²) in [6.07, 6.45) is 1.52. The van der Waals surface area contributed by atoms with E-state index < -0.39 is 5.37 Å². The van der Waals surface area contributed by atoms with Gasteiger partial charge in [-0.3, -0.25) is 9.78 Å². The number of rotatable bonds is 7. The zero-order valence-corrected chi connectivity index (χ0v) is 17.6. The fraction of sp³-hybridized carbons (Fsp3) is 0.400. The highest BCUT2D eigenvalue weighted by Gasteiger charge is 2.38. The number of aromatic hydroxyl groups is 1. The maximum atomic E-state index is 12.7. The number of aryl methyl sites for hydroxylation is 1. The highest BCUT2D eigenvalue weighted by molar-refractivity contribution is 8.00. The second-order valence-corrected chi connectivity index (χ2v) is 7.55. The summed E-state index contributed by atoms with van der Waals surface area (Å²) in [6.45, 7) is 1.51. The molecule has 1 aliphatic rings. The Morgan fingerprint density at radius 1 is 1.21 bits per heavy atom. The fourth-order valence-corrected chi connectivity index (χ4v) is 4.54. The van der Waals surface area contributed by atoms with Crippen molar-refractivity contribution in [3.05, 3.63) is 40.7 Å². The molecule has 1 aliphatic heterocycles. The van der Waals surface area contributed by atoms with E-state index in [0.717, 1.165) is 0 Å². The molecule has 1 saturated heterocycles. The van der Waals surface area contributed by atoms with Crippen molar-refractivity contribution in [2.24, 2.45) is 0 Å². The number of amides is 1. The number of thioether (sulfide) groups is 1. The Balaban J connectivity index is 2.07. The number of hydrogen-bond acceptors (Lipinski definition) is 8. The predicted octanol–water partition coefficient (Wildman–Crippen LogP) is 2.39. The van der Waals surface area contributed by atoms with E-state index in [1.807, 2.05) is 0 Å². The van der Waals surface area contributed by atoms with Crippen molar-refractivity contribution in [2.75, 3.05) is 27.1 Å². The standard InChI is InChI=1S/C20H24N2O6S/c1-11-19(25)14(12(9-23)7-21-11)8-22-17(24)10-29-20(22)18-15(27-3)5-13(26-2)6-16(18)28-4/h5-7,20,23,25H,8-10H2,1-4H3. The van der Waals surface area contributed by atoms with Gasteiger partial charge in [-0.2, -0.15) is 0 Å². The molecule has 1 amide bonds. The number of methoxy groups -OCH3 is 3. The van der Waals surface area contributed by atoms with E-state index in [4.69, 9.17) is 14.2 Å². The first-order chi connectivity index (χ1) is 13.9. The van der Waals surface area contributed by atoms with Crippen LogP contribution >= 0.6 is 11.8 Å². The summed E-state index contributed by atoms with van der Waals surface area (Å²) in [5, 5.41) is 19.8. The molecule has 0 radical (unpaired) electrons. The molecule has 0 aliphatic carbocycles. The van der Waals surface area contributed by atoms with Gasteiger partial charge in [0.2, 0.25) is 5.91 Å². The van der Waals surface area contributed by atoms with E-state index in [0.29, 0.717) is 39.6 Å². The number of aliphatic hydroxyl groups is 1. The highest BCUT2D eigenvalue weighted by atomic mass is 32.2. The topological polar surface area (TPSA) is 101 Å². The molecule has 2 aromatic rings. The van der Waals surface area contributed by atoms with Crippen LogP contribution in [0, 0.1) is 6.92 Å². The number of nitrogens with zero attached hydrogens (tertiary/aromatic N) is 2. The van der Waals surface area contributed by atoms with E-state index in [2.05, 4.69) is 4.98 Å². The highest BCUT2D eigenvalue weighted by Crippen LogP contribution is 2.49. The van der Waals surface area contributed by atoms with Gasteiger partial charge in [0, 0.05) is 29.5 Å². The molecule has 0 bridgehead atoms. The minimum Gasteiger partial charge on any atom is -0.506 e. The summed E-state index contributed by atoms with van der Waals surface area (Å²) in [6, 6.07) is 3.49. The minimum absolute atomic E-state index is 0.0198. The van der Waals surface area contributed by atoms with Crippen LogP contribution in [0.15, 0.2) is 18.3 Å². The van der Waals surface area contributed by atoms with Gasteiger partial charge in [-0.25, -0.2) is 0 Å². The molecule has 1 aromatic heterocycles. The number of pyridine rings is 1. The molecular formula is C20H24N2O6S. The molecule has 8 nitrogen and oxygen atoms in total. The number of benzene rings is 1. The molecule has 9 heteroatoms. The SMILES string of the molecule is COc1cc(OC)c(C2SCC(=O)N2Cc2c(CO)cnc(C)c2O)c(OC)c1. The van der Waals surface area contributed by atoms with Gasteiger partial charge in [-0.1, -0.05) is 0 Å². The van der Waals surface area contributed by atoms with E-state index in [-0.39, 0.29) is 30.6 Å². The van der Waals surface area contributed by atoms with Crippen LogP contribution in [0.3, 0.4) is 0 Å². The number of hydrogen-bond donors (Lipinski definition) is 2. The molecule has 1 aromatic carbocycles. The summed E-state index contributed by atoms with van der Waals surface area (Å²) in [5.74, 6) is 1.83. The lowest BCUT2D eigenvalue weighted by atomic mass is 10.1. The first-order valence-electron chi connectivity index (χ1n) is 8.93. The predicted molar refractivity (Wildman–Crippen MR) is 108 cm³/mol. The smallest absolute Gasteiger partial charge is 0.234 e. The second kappa shape index (κ2) is 8.79. The molecule has 2 heterocycles. The minimum atomic E-state index is -0.391. The first kappa shape index (κ1) is 21.1. The van der Waals surface area contributed by atoms with Gasteiger partial charge in [0.15, 0.2) is 0 Å². The Morgan fingerprint density at radius 2 is 1.86 bits per heavy atom. The second-order valence-electron chi connectivity index (χ2n) is 6.48. The van der Waals surface area contributed by atoms with Crippen molar-refractivity contribution in [3.63, 3.8) is 0 Å². The normalized spacial score (nSPS) is 16.2. The maximum Gasteiger partial charge on any atom is 0.234 e. The summed E-state index contributed by atoms with van der Waals surface area (Å²) in [4.78, 5) is 18.4. The van der Waals surface area contributed by atoms with Crippen LogP contribution in [-0.4, -0.2) is 53.1 Å². The molecule has 3 rings (SSSR count). The van der Waals surface area contributed by atoms with Crippen molar-refractivity contribution in [1.29, 1.82) is 0 Å².